The van der Waals surface area contributed by atoms with Gasteiger partial charge in [-0.1, -0.05) is 29.8 Å². The zero-order chi connectivity index (χ0) is 16.2. The third-order valence-corrected chi connectivity index (χ3v) is 4.49. The normalized spacial score (nSPS) is 18.0. The van der Waals surface area contributed by atoms with E-state index < -0.39 is 0 Å². The summed E-state index contributed by atoms with van der Waals surface area (Å²) in [5.41, 5.74) is 2.79. The second kappa shape index (κ2) is 6.82. The van der Waals surface area contributed by atoms with E-state index in [0.29, 0.717) is 10.6 Å². The highest BCUT2D eigenvalue weighted by atomic mass is 16.5. The van der Waals surface area contributed by atoms with E-state index in [1.165, 1.54) is 17.3 Å². The summed E-state index contributed by atoms with van der Waals surface area (Å²) in [6.07, 6.45) is 4.48. The number of hydrogen-bond donors (Lipinski definition) is 0. The summed E-state index contributed by atoms with van der Waals surface area (Å²) < 4.78 is 0.659. The number of benzene rings is 1. The maximum atomic E-state index is 12.6. The SMILES string of the molecule is Cc1ccc(CC2CCCN(C(=O)c3cccc[n+]3[O-])C2)cc1. The molecular formula is C19H22N2O2. The molecule has 0 saturated carbocycles. The van der Waals surface area contributed by atoms with Gasteiger partial charge in [0.15, 0.2) is 6.20 Å². The minimum absolute atomic E-state index is 0.158. The first-order valence-electron chi connectivity index (χ1n) is 8.16. The number of aromatic nitrogens is 1. The van der Waals surface area contributed by atoms with E-state index >= 15 is 0 Å². The van der Waals surface area contributed by atoms with Gasteiger partial charge in [-0.05, 0) is 43.7 Å². The number of likely N-dealkylation sites (tertiary alicyclic amines) is 1. The van der Waals surface area contributed by atoms with E-state index in [2.05, 4.69) is 31.2 Å². The van der Waals surface area contributed by atoms with Crippen molar-refractivity contribution in [3.05, 3.63) is 70.7 Å². The highest BCUT2D eigenvalue weighted by molar-refractivity contribution is 5.91. The number of hydrogen-bond acceptors (Lipinski definition) is 2. The molecule has 1 saturated heterocycles. The van der Waals surface area contributed by atoms with Crippen molar-refractivity contribution in [3.63, 3.8) is 0 Å². The molecule has 1 aliphatic rings. The van der Waals surface area contributed by atoms with Gasteiger partial charge in [0.1, 0.15) is 0 Å². The smallest absolute Gasteiger partial charge is 0.319 e. The fraction of sp³-hybridized carbons (Fsp3) is 0.368. The molecule has 120 valence electrons. The molecule has 23 heavy (non-hydrogen) atoms. The Hall–Kier alpha value is -2.36. The van der Waals surface area contributed by atoms with Crippen molar-refractivity contribution < 1.29 is 9.52 Å². The van der Waals surface area contributed by atoms with Crippen LogP contribution in [-0.2, 0) is 6.42 Å². The van der Waals surface area contributed by atoms with Gasteiger partial charge in [0.05, 0.1) is 0 Å². The topological polar surface area (TPSA) is 47.2 Å². The molecule has 1 aromatic heterocycles. The zero-order valence-electron chi connectivity index (χ0n) is 13.4. The first-order valence-corrected chi connectivity index (χ1v) is 8.16. The predicted molar refractivity (Wildman–Crippen MR) is 88.9 cm³/mol. The van der Waals surface area contributed by atoms with Gasteiger partial charge in [0.25, 0.3) is 5.69 Å². The van der Waals surface area contributed by atoms with Crippen LogP contribution in [0.2, 0.25) is 0 Å². The lowest BCUT2D eigenvalue weighted by molar-refractivity contribution is -0.608. The summed E-state index contributed by atoms with van der Waals surface area (Å²) in [5, 5.41) is 11.8. The van der Waals surface area contributed by atoms with Gasteiger partial charge >= 0.3 is 5.91 Å². The van der Waals surface area contributed by atoms with Crippen molar-refractivity contribution in [2.24, 2.45) is 5.92 Å². The van der Waals surface area contributed by atoms with Gasteiger partial charge in [0, 0.05) is 25.2 Å². The maximum absolute atomic E-state index is 12.6. The van der Waals surface area contributed by atoms with E-state index in [4.69, 9.17) is 0 Å². The number of aryl methyl sites for hydroxylation is 1. The van der Waals surface area contributed by atoms with Crippen LogP contribution in [0, 0.1) is 18.0 Å². The van der Waals surface area contributed by atoms with E-state index in [1.807, 2.05) is 4.90 Å². The Morgan fingerprint density at radius 1 is 1.26 bits per heavy atom. The van der Waals surface area contributed by atoms with Crippen LogP contribution in [0.25, 0.3) is 0 Å². The van der Waals surface area contributed by atoms with Gasteiger partial charge in [0.2, 0.25) is 0 Å². The molecule has 0 aliphatic carbocycles. The second-order valence-corrected chi connectivity index (χ2v) is 6.36. The molecule has 1 unspecified atom stereocenters. The van der Waals surface area contributed by atoms with Crippen molar-refractivity contribution in [2.75, 3.05) is 13.1 Å². The molecule has 4 heteroatoms. The number of nitrogens with zero attached hydrogens (tertiary/aromatic N) is 2. The second-order valence-electron chi connectivity index (χ2n) is 6.36. The minimum Gasteiger partial charge on any atom is -0.618 e. The Bertz CT molecular complexity index is 682. The molecule has 0 N–H and O–H groups in total. The number of piperidine rings is 1. The molecule has 0 radical (unpaired) electrons. The van der Waals surface area contributed by atoms with Crippen molar-refractivity contribution in [2.45, 2.75) is 26.2 Å². The fourth-order valence-electron chi connectivity index (χ4n) is 3.23. The van der Waals surface area contributed by atoms with Gasteiger partial charge in [-0.15, -0.1) is 0 Å². The van der Waals surface area contributed by atoms with Crippen molar-refractivity contribution >= 4 is 5.91 Å². The number of rotatable bonds is 3. The maximum Gasteiger partial charge on any atom is 0.319 e. The number of carbonyl (C=O) groups excluding carboxylic acids is 1. The summed E-state index contributed by atoms with van der Waals surface area (Å²) in [6.45, 7) is 3.54. The Kier molecular flexibility index (Phi) is 4.60. The third kappa shape index (κ3) is 3.70. The summed E-state index contributed by atoms with van der Waals surface area (Å²) >= 11 is 0. The molecule has 1 atom stereocenters. The lowest BCUT2D eigenvalue weighted by Gasteiger charge is -2.32. The molecule has 0 spiro atoms. The number of amides is 1. The predicted octanol–water partition coefficient (Wildman–Crippen LogP) is 2.72. The molecule has 2 heterocycles. The Labute approximate surface area is 137 Å². The van der Waals surface area contributed by atoms with Crippen molar-refractivity contribution in [3.8, 4) is 0 Å². The van der Waals surface area contributed by atoms with Gasteiger partial charge in [-0.25, -0.2) is 0 Å². The van der Waals surface area contributed by atoms with E-state index in [-0.39, 0.29) is 11.6 Å². The van der Waals surface area contributed by atoms with Crippen molar-refractivity contribution in [1.82, 2.24) is 4.90 Å². The molecule has 1 aromatic carbocycles. The Morgan fingerprint density at radius 3 is 2.78 bits per heavy atom. The first-order chi connectivity index (χ1) is 11.1. The summed E-state index contributed by atoms with van der Waals surface area (Å²) in [7, 11) is 0. The number of pyridine rings is 1. The molecule has 1 aliphatic heterocycles. The lowest BCUT2D eigenvalue weighted by Crippen LogP contribution is -2.45. The average Bonchev–Trinajstić information content (AvgIpc) is 2.57. The summed E-state index contributed by atoms with van der Waals surface area (Å²) in [4.78, 5) is 14.4. The molecule has 0 bridgehead atoms. The van der Waals surface area contributed by atoms with Crippen LogP contribution in [-0.4, -0.2) is 23.9 Å². The zero-order valence-corrected chi connectivity index (χ0v) is 13.4. The highest BCUT2D eigenvalue weighted by Crippen LogP contribution is 2.22. The Balaban J connectivity index is 1.67. The van der Waals surface area contributed by atoms with Crippen LogP contribution in [0.4, 0.5) is 0 Å². The van der Waals surface area contributed by atoms with Crippen LogP contribution >= 0.6 is 0 Å². The Morgan fingerprint density at radius 2 is 2.04 bits per heavy atom. The summed E-state index contributed by atoms with van der Waals surface area (Å²) in [6, 6.07) is 13.6. The van der Waals surface area contributed by atoms with Crippen LogP contribution in [0.1, 0.15) is 34.5 Å². The van der Waals surface area contributed by atoms with E-state index in [0.717, 1.165) is 32.4 Å². The van der Waals surface area contributed by atoms with Crippen LogP contribution in [0.15, 0.2) is 48.7 Å². The average molecular weight is 310 g/mol. The van der Waals surface area contributed by atoms with Gasteiger partial charge in [-0.2, -0.15) is 4.73 Å². The van der Waals surface area contributed by atoms with Crippen LogP contribution in [0.5, 0.6) is 0 Å². The van der Waals surface area contributed by atoms with Crippen LogP contribution in [0.3, 0.4) is 0 Å². The van der Waals surface area contributed by atoms with E-state index in [1.54, 1.807) is 18.2 Å². The molecule has 3 rings (SSSR count). The quantitative estimate of drug-likeness (QED) is 0.646. The van der Waals surface area contributed by atoms with Gasteiger partial charge in [-0.3, -0.25) is 4.79 Å². The van der Waals surface area contributed by atoms with Gasteiger partial charge < -0.3 is 10.1 Å². The molecule has 4 nitrogen and oxygen atoms in total. The van der Waals surface area contributed by atoms with Crippen molar-refractivity contribution in [1.29, 1.82) is 0 Å². The third-order valence-electron chi connectivity index (χ3n) is 4.49. The minimum atomic E-state index is -0.158. The first kappa shape index (κ1) is 15.5. The fourth-order valence-corrected chi connectivity index (χ4v) is 3.23. The largest absolute Gasteiger partial charge is 0.618 e. The molecular weight excluding hydrogens is 288 g/mol. The molecule has 1 amide bonds. The number of carbonyl (C=O) groups is 1. The standard InChI is InChI=1S/C19H22N2O2/c1-15-7-9-16(10-8-15)13-17-5-4-11-20(14-17)19(22)18-6-2-3-12-21(18)23/h2-3,6-10,12,17H,4-5,11,13-14H2,1H3. The molecule has 2 aromatic rings. The highest BCUT2D eigenvalue weighted by Gasteiger charge is 2.28. The lowest BCUT2D eigenvalue weighted by atomic mass is 9.91. The summed E-state index contributed by atoms with van der Waals surface area (Å²) in [5.74, 6) is 0.299. The van der Waals surface area contributed by atoms with Crippen LogP contribution < -0.4 is 4.73 Å². The molecule has 1 fully saturated rings. The van der Waals surface area contributed by atoms with E-state index in [9.17, 15) is 10.0 Å². The monoisotopic (exact) mass is 310 g/mol.